The van der Waals surface area contributed by atoms with Gasteiger partial charge in [-0.05, 0) is 88.0 Å². The van der Waals surface area contributed by atoms with Crippen LogP contribution in [0, 0.1) is 11.3 Å². The van der Waals surface area contributed by atoms with Crippen molar-refractivity contribution in [1.82, 2.24) is 0 Å². The van der Waals surface area contributed by atoms with Gasteiger partial charge in [-0.3, -0.25) is 0 Å². The molecule has 2 aromatic heterocycles. The number of fused-ring (bicyclic) bond motifs is 6. The van der Waals surface area contributed by atoms with Crippen LogP contribution in [0.5, 0.6) is 0 Å². The van der Waals surface area contributed by atoms with Gasteiger partial charge < -0.3 is 4.42 Å². The van der Waals surface area contributed by atoms with Crippen molar-refractivity contribution in [3.63, 3.8) is 0 Å². The second-order valence-electron chi connectivity index (χ2n) is 10.1. The monoisotopic (exact) mass is 527 g/mol. The second-order valence-corrected chi connectivity index (χ2v) is 11.2. The third-order valence-corrected chi connectivity index (χ3v) is 8.85. The Morgan fingerprint density at radius 1 is 0.475 bits per heavy atom. The maximum atomic E-state index is 9.88. The molecule has 0 radical (unpaired) electrons. The van der Waals surface area contributed by atoms with Crippen LogP contribution in [0.3, 0.4) is 0 Å². The van der Waals surface area contributed by atoms with Gasteiger partial charge in [0.25, 0.3) is 0 Å². The predicted molar refractivity (Wildman–Crippen MR) is 168 cm³/mol. The molecule has 0 fully saturated rings. The van der Waals surface area contributed by atoms with E-state index in [0.29, 0.717) is 5.56 Å². The number of rotatable bonds is 3. The number of para-hydroxylation sites is 1. The fourth-order valence-corrected chi connectivity index (χ4v) is 6.91. The largest absolute Gasteiger partial charge is 0.456 e. The summed E-state index contributed by atoms with van der Waals surface area (Å²) in [6.07, 6.45) is 0. The highest BCUT2D eigenvalue weighted by Gasteiger charge is 2.14. The maximum absolute atomic E-state index is 9.88. The Bertz CT molecular complexity index is 2300. The number of nitrogens with zero attached hydrogens (tertiary/aromatic N) is 1. The molecule has 0 amide bonds. The summed E-state index contributed by atoms with van der Waals surface area (Å²) in [7, 11) is 0. The summed E-state index contributed by atoms with van der Waals surface area (Å²) in [6, 6.07) is 46.8. The van der Waals surface area contributed by atoms with Crippen LogP contribution in [-0.4, -0.2) is 0 Å². The summed E-state index contributed by atoms with van der Waals surface area (Å²) in [6.45, 7) is 0. The molecule has 2 heterocycles. The van der Waals surface area contributed by atoms with E-state index in [9.17, 15) is 5.26 Å². The average molecular weight is 528 g/mol. The van der Waals surface area contributed by atoms with E-state index < -0.39 is 0 Å². The van der Waals surface area contributed by atoms with Gasteiger partial charge in [-0.1, -0.05) is 72.8 Å². The number of benzene rings is 6. The summed E-state index contributed by atoms with van der Waals surface area (Å²) in [5.74, 6) is 0. The van der Waals surface area contributed by atoms with E-state index in [1.807, 2.05) is 53.8 Å². The minimum Gasteiger partial charge on any atom is -0.456 e. The highest BCUT2D eigenvalue weighted by atomic mass is 32.1. The highest BCUT2D eigenvalue weighted by Crippen LogP contribution is 2.40. The topological polar surface area (TPSA) is 36.9 Å². The first kappa shape index (κ1) is 22.8. The van der Waals surface area contributed by atoms with Gasteiger partial charge in [0.2, 0.25) is 0 Å². The van der Waals surface area contributed by atoms with Crippen LogP contribution in [0.4, 0.5) is 0 Å². The van der Waals surface area contributed by atoms with Gasteiger partial charge >= 0.3 is 0 Å². The second kappa shape index (κ2) is 8.95. The third kappa shape index (κ3) is 3.62. The molecule has 0 aliphatic heterocycles. The standard InChI is InChI=1S/C37H21NOS/c38-22-25-7-1-2-8-29(25)28-18-26(23-14-16-35-33(20-23)30-9-3-5-11-34(30)39-35)17-27(19-28)24-13-15-32-31-10-4-6-12-36(31)40-37(32)21-24/h1-21H. The van der Waals surface area contributed by atoms with Crippen LogP contribution < -0.4 is 0 Å². The smallest absolute Gasteiger partial charge is 0.135 e. The van der Waals surface area contributed by atoms with Gasteiger partial charge in [-0.15, -0.1) is 11.3 Å². The molecule has 6 aromatic carbocycles. The summed E-state index contributed by atoms with van der Waals surface area (Å²) in [5.41, 5.74) is 8.90. The molecule has 0 bridgehead atoms. The van der Waals surface area contributed by atoms with Gasteiger partial charge in [0, 0.05) is 30.9 Å². The Labute approximate surface area is 235 Å². The van der Waals surface area contributed by atoms with Gasteiger partial charge in [-0.2, -0.15) is 5.26 Å². The lowest BCUT2D eigenvalue weighted by atomic mass is 9.91. The predicted octanol–water partition coefficient (Wildman–Crippen LogP) is 10.8. The molecule has 0 N–H and O–H groups in total. The molecule has 0 saturated carbocycles. The first-order valence-electron chi connectivity index (χ1n) is 13.2. The van der Waals surface area contributed by atoms with E-state index in [4.69, 9.17) is 4.42 Å². The van der Waals surface area contributed by atoms with E-state index in [1.165, 1.54) is 20.2 Å². The lowest BCUT2D eigenvalue weighted by Gasteiger charge is -2.12. The molecule has 8 rings (SSSR count). The number of hydrogen-bond donors (Lipinski definition) is 0. The van der Waals surface area contributed by atoms with Gasteiger partial charge in [0.05, 0.1) is 11.6 Å². The Hall–Kier alpha value is -5.17. The van der Waals surface area contributed by atoms with Crippen molar-refractivity contribution in [3.8, 4) is 39.4 Å². The number of nitriles is 1. The van der Waals surface area contributed by atoms with Crippen molar-refractivity contribution in [2.45, 2.75) is 0 Å². The van der Waals surface area contributed by atoms with Crippen LogP contribution in [-0.2, 0) is 0 Å². The number of hydrogen-bond acceptors (Lipinski definition) is 3. The lowest BCUT2D eigenvalue weighted by Crippen LogP contribution is -1.88. The molecule has 0 aliphatic rings. The molecule has 0 unspecified atom stereocenters. The lowest BCUT2D eigenvalue weighted by molar-refractivity contribution is 0.669. The molecule has 186 valence electrons. The van der Waals surface area contributed by atoms with Gasteiger partial charge in [0.1, 0.15) is 11.2 Å². The molecule has 2 nitrogen and oxygen atoms in total. The van der Waals surface area contributed by atoms with E-state index in [2.05, 4.69) is 91.0 Å². The van der Waals surface area contributed by atoms with Crippen molar-refractivity contribution in [1.29, 1.82) is 5.26 Å². The first-order valence-corrected chi connectivity index (χ1v) is 14.0. The quantitative estimate of drug-likeness (QED) is 0.229. The number of thiophene rings is 1. The minimum atomic E-state index is 0.668. The van der Waals surface area contributed by atoms with Crippen molar-refractivity contribution in [2.24, 2.45) is 0 Å². The van der Waals surface area contributed by atoms with Crippen molar-refractivity contribution < 1.29 is 4.42 Å². The fraction of sp³-hybridized carbons (Fsp3) is 0. The Morgan fingerprint density at radius 3 is 2.00 bits per heavy atom. The summed E-state index contributed by atoms with van der Waals surface area (Å²) in [4.78, 5) is 0. The molecule has 0 saturated heterocycles. The molecule has 0 aliphatic carbocycles. The molecular weight excluding hydrogens is 506 g/mol. The summed E-state index contributed by atoms with van der Waals surface area (Å²) in [5, 5.41) is 14.7. The van der Waals surface area contributed by atoms with Crippen molar-refractivity contribution in [3.05, 3.63) is 133 Å². The third-order valence-electron chi connectivity index (χ3n) is 7.71. The first-order chi connectivity index (χ1) is 19.7. The Balaban J connectivity index is 1.36. The minimum absolute atomic E-state index is 0.668. The fourth-order valence-electron chi connectivity index (χ4n) is 5.76. The van der Waals surface area contributed by atoms with Gasteiger partial charge in [0.15, 0.2) is 0 Å². The van der Waals surface area contributed by atoms with Crippen LogP contribution in [0.1, 0.15) is 5.56 Å². The molecule has 8 aromatic rings. The Kier molecular flexibility index (Phi) is 5.10. The molecule has 0 spiro atoms. The average Bonchev–Trinajstić information content (AvgIpc) is 3.58. The normalized spacial score (nSPS) is 11.5. The molecule has 0 atom stereocenters. The van der Waals surface area contributed by atoms with Crippen LogP contribution in [0.2, 0.25) is 0 Å². The van der Waals surface area contributed by atoms with E-state index in [1.54, 1.807) is 0 Å². The number of furan rings is 1. The van der Waals surface area contributed by atoms with Crippen molar-refractivity contribution >= 4 is 53.4 Å². The summed E-state index contributed by atoms with van der Waals surface area (Å²) >= 11 is 1.83. The highest BCUT2D eigenvalue weighted by molar-refractivity contribution is 7.25. The Morgan fingerprint density at radius 2 is 1.12 bits per heavy atom. The zero-order valence-electron chi connectivity index (χ0n) is 21.4. The zero-order valence-corrected chi connectivity index (χ0v) is 22.2. The zero-order chi connectivity index (χ0) is 26.6. The maximum Gasteiger partial charge on any atom is 0.135 e. The van der Waals surface area contributed by atoms with Crippen LogP contribution >= 0.6 is 11.3 Å². The summed E-state index contributed by atoms with van der Waals surface area (Å²) < 4.78 is 8.66. The van der Waals surface area contributed by atoms with E-state index >= 15 is 0 Å². The molecular formula is C37H21NOS. The van der Waals surface area contributed by atoms with Crippen LogP contribution in [0.15, 0.2) is 132 Å². The molecule has 40 heavy (non-hydrogen) atoms. The van der Waals surface area contributed by atoms with Crippen LogP contribution in [0.25, 0.3) is 75.5 Å². The SMILES string of the molecule is N#Cc1ccccc1-c1cc(-c2ccc3c(c2)sc2ccccc23)cc(-c2ccc3oc4ccccc4c3c2)c1. The molecule has 3 heteroatoms. The van der Waals surface area contributed by atoms with Crippen molar-refractivity contribution in [2.75, 3.05) is 0 Å². The van der Waals surface area contributed by atoms with Gasteiger partial charge in [-0.25, -0.2) is 0 Å². The van der Waals surface area contributed by atoms with E-state index in [0.717, 1.165) is 55.3 Å². The van der Waals surface area contributed by atoms with E-state index in [-0.39, 0.29) is 0 Å².